The first-order valence-corrected chi connectivity index (χ1v) is 4.87. The van der Waals surface area contributed by atoms with E-state index in [2.05, 4.69) is 17.6 Å². The van der Waals surface area contributed by atoms with Crippen LogP contribution in [-0.4, -0.2) is 10.7 Å². The summed E-state index contributed by atoms with van der Waals surface area (Å²) < 4.78 is 0. The summed E-state index contributed by atoms with van der Waals surface area (Å²) in [5.74, 6) is 0.849. The molecule has 70 valence electrons. The standard InChI is InChI=1S/C10H14N2S/c1-8-6-9(11)10(12-7-8)4-2-3-5-13/h2,4,6-7,13H,3,5,11H2,1H3. The molecule has 0 saturated carbocycles. The number of thiol groups is 1. The fourth-order valence-corrected chi connectivity index (χ4v) is 1.16. The molecule has 3 heteroatoms. The minimum absolute atomic E-state index is 0.732. The molecule has 1 heterocycles. The van der Waals surface area contributed by atoms with Gasteiger partial charge >= 0.3 is 0 Å². The van der Waals surface area contributed by atoms with Gasteiger partial charge in [0.05, 0.1) is 11.4 Å². The van der Waals surface area contributed by atoms with Crippen LogP contribution in [-0.2, 0) is 0 Å². The van der Waals surface area contributed by atoms with Crippen molar-refractivity contribution in [1.29, 1.82) is 0 Å². The number of nitrogens with two attached hydrogens (primary N) is 1. The molecule has 0 fully saturated rings. The van der Waals surface area contributed by atoms with Crippen LogP contribution >= 0.6 is 12.6 Å². The van der Waals surface area contributed by atoms with Crippen molar-refractivity contribution in [1.82, 2.24) is 4.98 Å². The van der Waals surface area contributed by atoms with E-state index in [9.17, 15) is 0 Å². The molecule has 0 aliphatic heterocycles. The fourth-order valence-electron chi connectivity index (χ4n) is 1.01. The van der Waals surface area contributed by atoms with Crippen LogP contribution in [0.2, 0.25) is 0 Å². The number of aromatic nitrogens is 1. The summed E-state index contributed by atoms with van der Waals surface area (Å²) >= 11 is 4.11. The molecule has 2 nitrogen and oxygen atoms in total. The van der Waals surface area contributed by atoms with Gasteiger partial charge in [-0.1, -0.05) is 6.08 Å². The number of hydrogen-bond acceptors (Lipinski definition) is 3. The summed E-state index contributed by atoms with van der Waals surface area (Å²) in [6, 6.07) is 1.92. The van der Waals surface area contributed by atoms with Gasteiger partial charge in [0, 0.05) is 6.20 Å². The minimum atomic E-state index is 0.732. The summed E-state index contributed by atoms with van der Waals surface area (Å²) in [6.45, 7) is 1.98. The molecule has 0 radical (unpaired) electrons. The number of allylic oxidation sites excluding steroid dienone is 1. The smallest absolute Gasteiger partial charge is 0.0855 e. The monoisotopic (exact) mass is 194 g/mol. The Labute approximate surface area is 84.3 Å². The molecule has 0 amide bonds. The number of rotatable bonds is 3. The van der Waals surface area contributed by atoms with E-state index in [1.54, 1.807) is 0 Å². The third-order valence-corrected chi connectivity index (χ3v) is 1.92. The van der Waals surface area contributed by atoms with Gasteiger partial charge in [-0.15, -0.1) is 0 Å². The van der Waals surface area contributed by atoms with E-state index >= 15 is 0 Å². The molecule has 0 spiro atoms. The second-order valence-electron chi connectivity index (χ2n) is 2.90. The van der Waals surface area contributed by atoms with Crippen molar-refractivity contribution >= 4 is 24.4 Å². The molecule has 0 aliphatic carbocycles. The molecule has 0 aliphatic rings. The van der Waals surface area contributed by atoms with E-state index in [-0.39, 0.29) is 0 Å². The highest BCUT2D eigenvalue weighted by atomic mass is 32.1. The Balaban J connectivity index is 2.77. The van der Waals surface area contributed by atoms with Crippen LogP contribution < -0.4 is 5.73 Å². The second kappa shape index (κ2) is 4.92. The lowest BCUT2D eigenvalue weighted by molar-refractivity contribution is 1.23. The summed E-state index contributed by atoms with van der Waals surface area (Å²) in [6.07, 6.45) is 6.72. The summed E-state index contributed by atoms with van der Waals surface area (Å²) in [4.78, 5) is 4.21. The van der Waals surface area contributed by atoms with Crippen LogP contribution in [0.1, 0.15) is 17.7 Å². The van der Waals surface area contributed by atoms with Crippen molar-refractivity contribution < 1.29 is 0 Å². The third-order valence-electron chi connectivity index (χ3n) is 1.66. The van der Waals surface area contributed by atoms with Gasteiger partial charge in [-0.25, -0.2) is 0 Å². The lowest BCUT2D eigenvalue weighted by Crippen LogP contribution is -1.93. The largest absolute Gasteiger partial charge is 0.397 e. The maximum Gasteiger partial charge on any atom is 0.0855 e. The van der Waals surface area contributed by atoms with Gasteiger partial charge in [0.25, 0.3) is 0 Å². The quantitative estimate of drug-likeness (QED) is 0.725. The van der Waals surface area contributed by atoms with Crippen LogP contribution in [0.4, 0.5) is 5.69 Å². The van der Waals surface area contributed by atoms with Gasteiger partial charge in [0.15, 0.2) is 0 Å². The Morgan fingerprint density at radius 3 is 3.00 bits per heavy atom. The maximum atomic E-state index is 5.77. The van der Waals surface area contributed by atoms with E-state index in [1.807, 2.05) is 31.3 Å². The van der Waals surface area contributed by atoms with Crippen LogP contribution in [0.15, 0.2) is 18.3 Å². The van der Waals surface area contributed by atoms with Crippen molar-refractivity contribution in [3.63, 3.8) is 0 Å². The van der Waals surface area contributed by atoms with Crippen molar-refractivity contribution in [2.45, 2.75) is 13.3 Å². The van der Waals surface area contributed by atoms with Crippen molar-refractivity contribution in [2.24, 2.45) is 0 Å². The van der Waals surface area contributed by atoms with Gasteiger partial charge in [0.1, 0.15) is 0 Å². The van der Waals surface area contributed by atoms with E-state index in [4.69, 9.17) is 5.73 Å². The first-order chi connectivity index (χ1) is 6.24. The number of hydrogen-bond donors (Lipinski definition) is 2. The minimum Gasteiger partial charge on any atom is -0.397 e. The topological polar surface area (TPSA) is 38.9 Å². The average molecular weight is 194 g/mol. The zero-order valence-corrected chi connectivity index (χ0v) is 8.59. The van der Waals surface area contributed by atoms with Gasteiger partial charge in [-0.05, 0) is 36.8 Å². The van der Waals surface area contributed by atoms with Gasteiger partial charge in [0.2, 0.25) is 0 Å². The lowest BCUT2D eigenvalue weighted by atomic mass is 10.2. The zero-order valence-electron chi connectivity index (χ0n) is 7.70. The molecule has 0 atom stereocenters. The first kappa shape index (κ1) is 10.1. The van der Waals surface area contributed by atoms with Crippen molar-refractivity contribution in [3.05, 3.63) is 29.6 Å². The van der Waals surface area contributed by atoms with Crippen molar-refractivity contribution in [3.8, 4) is 0 Å². The average Bonchev–Trinajstić information content (AvgIpc) is 2.09. The number of aryl methyl sites for hydroxylation is 1. The second-order valence-corrected chi connectivity index (χ2v) is 3.35. The van der Waals surface area contributed by atoms with Gasteiger partial charge < -0.3 is 5.73 Å². The van der Waals surface area contributed by atoms with Crippen molar-refractivity contribution in [2.75, 3.05) is 11.5 Å². The molecular weight excluding hydrogens is 180 g/mol. The Hall–Kier alpha value is -0.960. The SMILES string of the molecule is Cc1cnc(C=CCCS)c(N)c1. The third kappa shape index (κ3) is 3.11. The highest BCUT2D eigenvalue weighted by molar-refractivity contribution is 7.80. The normalized spacial score (nSPS) is 10.9. The molecule has 0 unspecified atom stereocenters. The summed E-state index contributed by atoms with van der Waals surface area (Å²) in [5, 5.41) is 0. The van der Waals surface area contributed by atoms with E-state index in [0.29, 0.717) is 0 Å². The number of nitrogens with zero attached hydrogens (tertiary/aromatic N) is 1. The lowest BCUT2D eigenvalue weighted by Gasteiger charge is -1.99. The van der Waals surface area contributed by atoms with Crippen LogP contribution in [0.5, 0.6) is 0 Å². The number of anilines is 1. The molecule has 1 aromatic heterocycles. The first-order valence-electron chi connectivity index (χ1n) is 4.23. The molecule has 13 heavy (non-hydrogen) atoms. The summed E-state index contributed by atoms with van der Waals surface area (Å²) in [5.41, 5.74) is 8.43. The van der Waals surface area contributed by atoms with E-state index < -0.39 is 0 Å². The predicted molar refractivity (Wildman–Crippen MR) is 60.9 cm³/mol. The zero-order chi connectivity index (χ0) is 9.68. The van der Waals surface area contributed by atoms with Gasteiger partial charge in [-0.2, -0.15) is 12.6 Å². The molecule has 0 bridgehead atoms. The van der Waals surface area contributed by atoms with Crippen LogP contribution in [0.3, 0.4) is 0 Å². The van der Waals surface area contributed by atoms with E-state index in [1.165, 1.54) is 0 Å². The molecule has 0 saturated heterocycles. The predicted octanol–water partition coefficient (Wildman–Crippen LogP) is 2.31. The molecular formula is C10H14N2S. The molecule has 2 N–H and O–H groups in total. The van der Waals surface area contributed by atoms with Crippen LogP contribution in [0, 0.1) is 6.92 Å². The van der Waals surface area contributed by atoms with Gasteiger partial charge in [-0.3, -0.25) is 4.98 Å². The molecule has 1 aromatic rings. The summed E-state index contributed by atoms with van der Waals surface area (Å²) in [7, 11) is 0. The Bertz CT molecular complexity index is 308. The molecule has 0 aromatic carbocycles. The number of nitrogen functional groups attached to an aromatic ring is 1. The Morgan fingerprint density at radius 2 is 2.38 bits per heavy atom. The highest BCUT2D eigenvalue weighted by Crippen LogP contribution is 2.12. The number of pyridine rings is 1. The Kier molecular flexibility index (Phi) is 3.83. The maximum absolute atomic E-state index is 5.77. The Morgan fingerprint density at radius 1 is 1.62 bits per heavy atom. The van der Waals surface area contributed by atoms with Crippen LogP contribution in [0.25, 0.3) is 6.08 Å². The van der Waals surface area contributed by atoms with E-state index in [0.717, 1.165) is 29.1 Å². The fraction of sp³-hybridized carbons (Fsp3) is 0.300. The molecule has 1 rings (SSSR count). The highest BCUT2D eigenvalue weighted by Gasteiger charge is 1.95.